The van der Waals surface area contributed by atoms with Gasteiger partial charge in [-0.3, -0.25) is 4.99 Å². The first-order chi connectivity index (χ1) is 14.2. The fourth-order valence-corrected chi connectivity index (χ4v) is 2.95. The number of aliphatic imine (C=N–C) groups is 1. The lowest BCUT2D eigenvalue weighted by Crippen LogP contribution is -2.38. The summed E-state index contributed by atoms with van der Waals surface area (Å²) in [6.45, 7) is 6.31. The molecule has 3 aromatic rings. The molecule has 0 saturated heterocycles. The Labute approximate surface area is 193 Å². The lowest BCUT2D eigenvalue weighted by Gasteiger charge is -2.13. The van der Waals surface area contributed by atoms with Crippen LogP contribution in [0.25, 0.3) is 11.5 Å². The van der Waals surface area contributed by atoms with Crippen LogP contribution >= 0.6 is 24.0 Å². The van der Waals surface area contributed by atoms with Gasteiger partial charge in [-0.2, -0.15) is 4.98 Å². The van der Waals surface area contributed by atoms with E-state index in [1.807, 2.05) is 22.8 Å². The van der Waals surface area contributed by atoms with Crippen LogP contribution in [0, 0.1) is 0 Å². The van der Waals surface area contributed by atoms with Gasteiger partial charge in [0.15, 0.2) is 11.8 Å². The summed E-state index contributed by atoms with van der Waals surface area (Å²) in [7, 11) is 1.76. The van der Waals surface area contributed by atoms with Gasteiger partial charge in [-0.25, -0.2) is 0 Å². The molecule has 0 radical (unpaired) electrons. The molecule has 0 saturated carbocycles. The second-order valence-electron chi connectivity index (χ2n) is 6.61. The quantitative estimate of drug-likeness (QED) is 0.252. The standard InChI is InChI=1S/C20H28N8O.HI/c1-4-7-17-25-19(29-27-17)16-9-6-8-15(12-16)13-23-20(21-3)22-10-11-28-14-24-26-18(28)5-2;/h6,8-9,12,14H,4-5,7,10-11,13H2,1-3H3,(H2,21,22,23);1H. The highest BCUT2D eigenvalue weighted by molar-refractivity contribution is 14.0. The van der Waals surface area contributed by atoms with Gasteiger partial charge >= 0.3 is 0 Å². The molecule has 0 aliphatic carbocycles. The smallest absolute Gasteiger partial charge is 0.257 e. The lowest BCUT2D eigenvalue weighted by molar-refractivity contribution is 0.422. The zero-order valence-electron chi connectivity index (χ0n) is 17.6. The van der Waals surface area contributed by atoms with Gasteiger partial charge in [-0.05, 0) is 24.1 Å². The zero-order valence-corrected chi connectivity index (χ0v) is 20.0. The average Bonchev–Trinajstić information content (AvgIpc) is 3.40. The molecular weight excluding hydrogens is 495 g/mol. The van der Waals surface area contributed by atoms with Crippen LogP contribution in [0.1, 0.15) is 37.5 Å². The van der Waals surface area contributed by atoms with Crippen LogP contribution in [0.15, 0.2) is 40.1 Å². The lowest BCUT2D eigenvalue weighted by atomic mass is 10.1. The number of nitrogens with zero attached hydrogens (tertiary/aromatic N) is 6. The van der Waals surface area contributed by atoms with Crippen molar-refractivity contribution in [2.24, 2.45) is 4.99 Å². The summed E-state index contributed by atoms with van der Waals surface area (Å²) < 4.78 is 7.42. The van der Waals surface area contributed by atoms with E-state index in [0.717, 1.165) is 61.1 Å². The van der Waals surface area contributed by atoms with Crippen molar-refractivity contribution in [3.63, 3.8) is 0 Å². The van der Waals surface area contributed by atoms with E-state index in [0.29, 0.717) is 12.4 Å². The van der Waals surface area contributed by atoms with Crippen LogP contribution < -0.4 is 10.6 Å². The molecular formula is C20H29IN8O. The van der Waals surface area contributed by atoms with Crippen molar-refractivity contribution < 1.29 is 4.52 Å². The van der Waals surface area contributed by atoms with Crippen molar-refractivity contribution >= 4 is 29.9 Å². The molecule has 2 aromatic heterocycles. The summed E-state index contributed by atoms with van der Waals surface area (Å²) in [6.07, 6.45) is 4.43. The molecule has 0 aliphatic heterocycles. The molecule has 10 heteroatoms. The Kier molecular flexibility index (Phi) is 9.71. The maximum absolute atomic E-state index is 5.38. The summed E-state index contributed by atoms with van der Waals surface area (Å²) in [5, 5.41) is 18.7. The first-order valence-corrected chi connectivity index (χ1v) is 9.96. The molecule has 1 aromatic carbocycles. The predicted molar refractivity (Wildman–Crippen MR) is 127 cm³/mol. The number of guanidine groups is 1. The molecule has 0 bridgehead atoms. The average molecular weight is 524 g/mol. The molecule has 30 heavy (non-hydrogen) atoms. The second-order valence-corrected chi connectivity index (χ2v) is 6.61. The van der Waals surface area contributed by atoms with Crippen molar-refractivity contribution in [2.45, 2.75) is 46.2 Å². The molecule has 3 rings (SSSR count). The molecule has 162 valence electrons. The SMILES string of the molecule is CCCc1noc(-c2cccc(CNC(=NC)NCCn3cnnc3CC)c2)n1.I. The molecule has 0 aliphatic rings. The topological polar surface area (TPSA) is 106 Å². The van der Waals surface area contributed by atoms with Gasteiger partial charge in [-0.1, -0.05) is 31.1 Å². The Morgan fingerprint density at radius 1 is 1.23 bits per heavy atom. The molecule has 0 unspecified atom stereocenters. The van der Waals surface area contributed by atoms with Gasteiger partial charge in [0.05, 0.1) is 0 Å². The number of aryl methyl sites for hydroxylation is 2. The molecule has 0 fully saturated rings. The van der Waals surface area contributed by atoms with E-state index in [9.17, 15) is 0 Å². The predicted octanol–water partition coefficient (Wildman–Crippen LogP) is 2.83. The van der Waals surface area contributed by atoms with Crippen LogP contribution in [0.3, 0.4) is 0 Å². The van der Waals surface area contributed by atoms with E-state index in [1.54, 1.807) is 13.4 Å². The Bertz CT molecular complexity index is 936. The fourth-order valence-electron chi connectivity index (χ4n) is 2.95. The number of hydrogen-bond acceptors (Lipinski definition) is 6. The fraction of sp³-hybridized carbons (Fsp3) is 0.450. The summed E-state index contributed by atoms with van der Waals surface area (Å²) in [6, 6.07) is 8.07. The van der Waals surface area contributed by atoms with Crippen molar-refractivity contribution in [3.05, 3.63) is 47.8 Å². The Morgan fingerprint density at radius 3 is 2.87 bits per heavy atom. The van der Waals surface area contributed by atoms with Crippen LogP contribution in [-0.2, 0) is 25.9 Å². The zero-order chi connectivity index (χ0) is 20.5. The summed E-state index contributed by atoms with van der Waals surface area (Å²) in [5.41, 5.74) is 2.02. The van der Waals surface area contributed by atoms with E-state index in [1.165, 1.54) is 0 Å². The maximum atomic E-state index is 5.38. The van der Waals surface area contributed by atoms with Crippen molar-refractivity contribution in [2.75, 3.05) is 13.6 Å². The molecule has 2 N–H and O–H groups in total. The number of rotatable bonds is 9. The van der Waals surface area contributed by atoms with Crippen molar-refractivity contribution in [3.8, 4) is 11.5 Å². The van der Waals surface area contributed by atoms with Crippen LogP contribution in [0.2, 0.25) is 0 Å². The minimum Gasteiger partial charge on any atom is -0.355 e. The van der Waals surface area contributed by atoms with E-state index < -0.39 is 0 Å². The van der Waals surface area contributed by atoms with Gasteiger partial charge in [0.25, 0.3) is 5.89 Å². The highest BCUT2D eigenvalue weighted by Gasteiger charge is 2.09. The molecule has 2 heterocycles. The number of aromatic nitrogens is 5. The summed E-state index contributed by atoms with van der Waals surface area (Å²) >= 11 is 0. The number of benzene rings is 1. The van der Waals surface area contributed by atoms with E-state index in [2.05, 4.69) is 55.9 Å². The van der Waals surface area contributed by atoms with E-state index >= 15 is 0 Å². The minimum absolute atomic E-state index is 0. The Morgan fingerprint density at radius 2 is 2.10 bits per heavy atom. The van der Waals surface area contributed by atoms with Gasteiger partial charge in [0, 0.05) is 45.1 Å². The normalized spacial score (nSPS) is 11.2. The number of hydrogen-bond donors (Lipinski definition) is 2. The molecule has 9 nitrogen and oxygen atoms in total. The highest BCUT2D eigenvalue weighted by Crippen LogP contribution is 2.19. The van der Waals surface area contributed by atoms with Crippen LogP contribution in [-0.4, -0.2) is 44.5 Å². The van der Waals surface area contributed by atoms with Crippen LogP contribution in [0.4, 0.5) is 0 Å². The first-order valence-electron chi connectivity index (χ1n) is 9.96. The largest absolute Gasteiger partial charge is 0.355 e. The van der Waals surface area contributed by atoms with E-state index in [-0.39, 0.29) is 24.0 Å². The second kappa shape index (κ2) is 12.3. The minimum atomic E-state index is 0. The molecule has 0 amide bonds. The monoisotopic (exact) mass is 524 g/mol. The van der Waals surface area contributed by atoms with Gasteiger partial charge in [0.1, 0.15) is 12.2 Å². The number of nitrogens with one attached hydrogen (secondary N) is 2. The maximum Gasteiger partial charge on any atom is 0.257 e. The third-order valence-electron chi connectivity index (χ3n) is 4.46. The Hall–Kier alpha value is -2.50. The highest BCUT2D eigenvalue weighted by atomic mass is 127. The van der Waals surface area contributed by atoms with Gasteiger partial charge < -0.3 is 19.7 Å². The van der Waals surface area contributed by atoms with Gasteiger partial charge in [-0.15, -0.1) is 34.2 Å². The molecule has 0 spiro atoms. The van der Waals surface area contributed by atoms with Crippen molar-refractivity contribution in [1.82, 2.24) is 35.5 Å². The summed E-state index contributed by atoms with van der Waals surface area (Å²) in [5.74, 6) is 3.02. The first kappa shape index (κ1) is 23.8. The third-order valence-corrected chi connectivity index (χ3v) is 4.46. The van der Waals surface area contributed by atoms with Crippen LogP contribution in [0.5, 0.6) is 0 Å². The Balaban J connectivity index is 0.00000320. The molecule has 0 atom stereocenters. The van der Waals surface area contributed by atoms with E-state index in [4.69, 9.17) is 4.52 Å². The summed E-state index contributed by atoms with van der Waals surface area (Å²) in [4.78, 5) is 8.74. The number of halogens is 1. The van der Waals surface area contributed by atoms with Crippen molar-refractivity contribution in [1.29, 1.82) is 0 Å². The van der Waals surface area contributed by atoms with Gasteiger partial charge in [0.2, 0.25) is 0 Å². The third kappa shape index (κ3) is 6.51.